The van der Waals surface area contributed by atoms with Crippen molar-refractivity contribution in [2.24, 2.45) is 0 Å². The van der Waals surface area contributed by atoms with Gasteiger partial charge in [-0.3, -0.25) is 4.79 Å². The lowest BCUT2D eigenvalue weighted by atomic mass is 9.98. The number of halogens is 2. The minimum atomic E-state index is -1.10. The van der Waals surface area contributed by atoms with Gasteiger partial charge in [0.05, 0.1) is 21.3 Å². The Morgan fingerprint density at radius 1 is 0.966 bits per heavy atom. The first-order chi connectivity index (χ1) is 13.8. The zero-order valence-electron chi connectivity index (χ0n) is 15.7. The van der Waals surface area contributed by atoms with E-state index in [9.17, 15) is 14.7 Å². The number of carbonyl (C=O) groups is 2. The van der Waals surface area contributed by atoms with Crippen LogP contribution in [0.3, 0.4) is 0 Å². The van der Waals surface area contributed by atoms with Crippen LogP contribution in [0.15, 0.2) is 60.7 Å². The zero-order valence-corrected chi connectivity index (χ0v) is 17.2. The van der Waals surface area contributed by atoms with Crippen molar-refractivity contribution in [1.29, 1.82) is 0 Å². The normalized spacial score (nSPS) is 10.6. The van der Waals surface area contributed by atoms with Crippen LogP contribution < -0.4 is 5.32 Å². The maximum atomic E-state index is 12.5. The molecule has 0 unspecified atom stereocenters. The van der Waals surface area contributed by atoms with Crippen molar-refractivity contribution >= 4 is 40.8 Å². The van der Waals surface area contributed by atoms with Gasteiger partial charge in [0.15, 0.2) is 0 Å². The molecule has 3 aromatic carbocycles. The molecule has 0 radical (unpaired) electrons. The molecule has 0 aliphatic carbocycles. The highest BCUT2D eigenvalue weighted by molar-refractivity contribution is 6.42. The second kappa shape index (κ2) is 9.12. The summed E-state index contributed by atoms with van der Waals surface area (Å²) >= 11 is 11.9. The van der Waals surface area contributed by atoms with Crippen LogP contribution in [-0.4, -0.2) is 17.0 Å². The van der Waals surface area contributed by atoms with E-state index >= 15 is 0 Å². The number of aromatic carboxylic acids is 1. The highest BCUT2D eigenvalue weighted by atomic mass is 35.5. The summed E-state index contributed by atoms with van der Waals surface area (Å²) in [5.74, 6) is -1.37. The average Bonchev–Trinajstić information content (AvgIpc) is 2.69. The summed E-state index contributed by atoms with van der Waals surface area (Å²) in [4.78, 5) is 24.1. The fourth-order valence-electron chi connectivity index (χ4n) is 3.06. The number of benzene rings is 3. The molecule has 29 heavy (non-hydrogen) atoms. The monoisotopic (exact) mass is 427 g/mol. The number of hydrogen-bond acceptors (Lipinski definition) is 2. The van der Waals surface area contributed by atoms with Gasteiger partial charge in [-0.05, 0) is 59.9 Å². The largest absolute Gasteiger partial charge is 0.478 e. The Kier molecular flexibility index (Phi) is 6.57. The van der Waals surface area contributed by atoms with Gasteiger partial charge in [0, 0.05) is 6.42 Å². The summed E-state index contributed by atoms with van der Waals surface area (Å²) < 4.78 is 0. The minimum absolute atomic E-state index is 0.0465. The van der Waals surface area contributed by atoms with Crippen molar-refractivity contribution in [3.63, 3.8) is 0 Å². The van der Waals surface area contributed by atoms with E-state index in [1.165, 1.54) is 6.07 Å². The molecule has 1 amide bonds. The number of rotatable bonds is 6. The van der Waals surface area contributed by atoms with E-state index in [0.29, 0.717) is 16.5 Å². The topological polar surface area (TPSA) is 66.4 Å². The SMILES string of the molecule is Cc1ccccc1-c1ccc(C(=O)O)c(NC(=O)CCc2ccc(Cl)c(Cl)c2)c1. The van der Waals surface area contributed by atoms with Gasteiger partial charge in [0.25, 0.3) is 0 Å². The van der Waals surface area contributed by atoms with Gasteiger partial charge in [0.2, 0.25) is 5.91 Å². The van der Waals surface area contributed by atoms with E-state index < -0.39 is 5.97 Å². The van der Waals surface area contributed by atoms with E-state index in [4.69, 9.17) is 23.2 Å². The van der Waals surface area contributed by atoms with Gasteiger partial charge in [-0.15, -0.1) is 0 Å². The van der Waals surface area contributed by atoms with Crippen LogP contribution in [0.1, 0.15) is 27.9 Å². The molecule has 3 aromatic rings. The fourth-order valence-corrected chi connectivity index (χ4v) is 3.38. The number of carboxylic acid groups (broad SMARTS) is 1. The van der Waals surface area contributed by atoms with Crippen molar-refractivity contribution in [1.82, 2.24) is 0 Å². The van der Waals surface area contributed by atoms with Gasteiger partial charge >= 0.3 is 5.97 Å². The quantitative estimate of drug-likeness (QED) is 0.489. The number of carbonyl (C=O) groups excluding carboxylic acids is 1. The molecule has 0 aliphatic heterocycles. The first-order valence-corrected chi connectivity index (χ1v) is 9.78. The maximum absolute atomic E-state index is 12.5. The Bertz CT molecular complexity index is 1080. The predicted octanol–water partition coefficient (Wildman–Crippen LogP) is 6.24. The van der Waals surface area contributed by atoms with E-state index in [0.717, 1.165) is 22.3 Å². The molecule has 0 aromatic heterocycles. The molecule has 6 heteroatoms. The van der Waals surface area contributed by atoms with Crippen LogP contribution >= 0.6 is 23.2 Å². The van der Waals surface area contributed by atoms with Gasteiger partial charge in [-0.2, -0.15) is 0 Å². The van der Waals surface area contributed by atoms with Crippen LogP contribution in [0, 0.1) is 6.92 Å². The van der Waals surface area contributed by atoms with Gasteiger partial charge < -0.3 is 10.4 Å². The Morgan fingerprint density at radius 3 is 2.41 bits per heavy atom. The molecule has 0 bridgehead atoms. The highest BCUT2D eigenvalue weighted by Gasteiger charge is 2.15. The number of nitrogens with one attached hydrogen (secondary N) is 1. The molecule has 0 aliphatic rings. The first-order valence-electron chi connectivity index (χ1n) is 9.02. The highest BCUT2D eigenvalue weighted by Crippen LogP contribution is 2.28. The van der Waals surface area contributed by atoms with Crippen molar-refractivity contribution in [3.05, 3.63) is 87.4 Å². The third kappa shape index (κ3) is 5.17. The number of hydrogen-bond donors (Lipinski definition) is 2. The molecule has 0 saturated carbocycles. The van der Waals surface area contributed by atoms with Crippen LogP contribution in [0.25, 0.3) is 11.1 Å². The van der Waals surface area contributed by atoms with Crippen molar-refractivity contribution in [2.75, 3.05) is 5.32 Å². The second-order valence-corrected chi connectivity index (χ2v) is 7.49. The molecule has 0 atom stereocenters. The maximum Gasteiger partial charge on any atom is 0.337 e. The number of carboxylic acids is 1. The van der Waals surface area contributed by atoms with E-state index in [1.807, 2.05) is 37.3 Å². The average molecular weight is 428 g/mol. The second-order valence-electron chi connectivity index (χ2n) is 6.68. The van der Waals surface area contributed by atoms with Crippen LogP contribution in [-0.2, 0) is 11.2 Å². The lowest BCUT2D eigenvalue weighted by Gasteiger charge is -2.12. The lowest BCUT2D eigenvalue weighted by Crippen LogP contribution is -2.15. The molecular formula is C23H19Cl2NO3. The molecular weight excluding hydrogens is 409 g/mol. The van der Waals surface area contributed by atoms with Crippen molar-refractivity contribution in [2.45, 2.75) is 19.8 Å². The van der Waals surface area contributed by atoms with Crippen LogP contribution in [0.2, 0.25) is 10.0 Å². The third-order valence-electron chi connectivity index (χ3n) is 4.60. The van der Waals surface area contributed by atoms with E-state index in [1.54, 1.807) is 24.3 Å². The Balaban J connectivity index is 1.80. The van der Waals surface area contributed by atoms with Crippen molar-refractivity contribution in [3.8, 4) is 11.1 Å². The third-order valence-corrected chi connectivity index (χ3v) is 5.34. The molecule has 148 valence electrons. The Morgan fingerprint density at radius 2 is 1.72 bits per heavy atom. The molecule has 0 saturated heterocycles. The van der Waals surface area contributed by atoms with Gasteiger partial charge in [-0.1, -0.05) is 59.6 Å². The summed E-state index contributed by atoms with van der Waals surface area (Å²) in [5, 5.41) is 13.1. The summed E-state index contributed by atoms with van der Waals surface area (Å²) in [6.45, 7) is 1.98. The summed E-state index contributed by atoms with van der Waals surface area (Å²) in [6, 6.07) is 18.0. The van der Waals surface area contributed by atoms with Crippen LogP contribution in [0.5, 0.6) is 0 Å². The smallest absolute Gasteiger partial charge is 0.337 e. The van der Waals surface area contributed by atoms with Crippen LogP contribution in [0.4, 0.5) is 5.69 Å². The predicted molar refractivity (Wildman–Crippen MR) is 117 cm³/mol. The molecule has 3 rings (SSSR count). The fraction of sp³-hybridized carbons (Fsp3) is 0.130. The number of anilines is 1. The van der Waals surface area contributed by atoms with Gasteiger partial charge in [-0.25, -0.2) is 4.79 Å². The lowest BCUT2D eigenvalue weighted by molar-refractivity contribution is -0.116. The first kappa shape index (κ1) is 20.9. The Labute approximate surface area is 179 Å². The summed E-state index contributed by atoms with van der Waals surface area (Å²) in [6.07, 6.45) is 0.647. The number of amides is 1. The Hall–Kier alpha value is -2.82. The number of aryl methyl sites for hydroxylation is 2. The molecule has 0 heterocycles. The summed E-state index contributed by atoms with van der Waals surface area (Å²) in [5.41, 5.74) is 4.08. The molecule has 2 N–H and O–H groups in total. The zero-order chi connectivity index (χ0) is 21.0. The van der Waals surface area contributed by atoms with E-state index in [-0.39, 0.29) is 23.6 Å². The van der Waals surface area contributed by atoms with Gasteiger partial charge in [0.1, 0.15) is 0 Å². The van der Waals surface area contributed by atoms with E-state index in [2.05, 4.69) is 5.32 Å². The minimum Gasteiger partial charge on any atom is -0.478 e. The molecule has 0 spiro atoms. The standard InChI is InChI=1S/C23H19Cl2NO3/c1-14-4-2-3-5-17(14)16-8-9-18(23(28)29)21(13-16)26-22(27)11-7-15-6-10-19(24)20(25)12-15/h2-6,8-10,12-13H,7,11H2,1H3,(H,26,27)(H,28,29). The summed E-state index contributed by atoms with van der Waals surface area (Å²) in [7, 11) is 0. The molecule has 4 nitrogen and oxygen atoms in total. The molecule has 0 fully saturated rings. The van der Waals surface area contributed by atoms with Crippen molar-refractivity contribution < 1.29 is 14.7 Å².